The van der Waals surface area contributed by atoms with Crippen LogP contribution in [-0.4, -0.2) is 33.3 Å². The van der Waals surface area contributed by atoms with E-state index in [1.165, 1.54) is 18.9 Å². The molecule has 46 heavy (non-hydrogen) atoms. The first-order chi connectivity index (χ1) is 21.8. The smallest absolute Gasteiger partial charge is 0.305 e. The minimum Gasteiger partial charge on any atom is -0.481 e. The SMILES string of the molecule is C=C/C(Cl)=C\C=C(/C)C(c1csc(C(CC(=C)F)c2ccnn2C)c1)C(C)/C(C)=C/C=C(\C=C)C(=O)NCCC(=O)O.CCCC. The molecule has 0 saturated heterocycles. The highest BCUT2D eigenvalue weighted by atomic mass is 35.5. The first-order valence-corrected chi connectivity index (χ1v) is 16.6. The van der Waals surface area contributed by atoms with Crippen molar-refractivity contribution in [3.63, 3.8) is 0 Å². The van der Waals surface area contributed by atoms with Crippen molar-refractivity contribution in [2.45, 2.75) is 72.1 Å². The first kappa shape index (κ1) is 40.3. The molecule has 2 heterocycles. The van der Waals surface area contributed by atoms with Gasteiger partial charge in [-0.3, -0.25) is 14.3 Å². The fourth-order valence-electron chi connectivity index (χ4n) is 4.60. The van der Waals surface area contributed by atoms with Crippen molar-refractivity contribution in [2.24, 2.45) is 13.0 Å². The van der Waals surface area contributed by atoms with Gasteiger partial charge in [0.15, 0.2) is 0 Å². The first-order valence-electron chi connectivity index (χ1n) is 15.4. The fourth-order valence-corrected chi connectivity index (χ4v) is 5.72. The number of hydrogen-bond donors (Lipinski definition) is 2. The summed E-state index contributed by atoms with van der Waals surface area (Å²) in [5, 5.41) is 18.3. The van der Waals surface area contributed by atoms with Crippen molar-refractivity contribution in [3.8, 4) is 0 Å². The van der Waals surface area contributed by atoms with Gasteiger partial charge >= 0.3 is 5.97 Å². The monoisotopic (exact) mass is 669 g/mol. The molecule has 0 aliphatic rings. The lowest BCUT2D eigenvalue weighted by molar-refractivity contribution is -0.136. The molecule has 250 valence electrons. The molecular weight excluding hydrogens is 621 g/mol. The van der Waals surface area contributed by atoms with Crippen LogP contribution in [0, 0.1) is 5.92 Å². The van der Waals surface area contributed by atoms with Crippen LogP contribution in [0.5, 0.6) is 0 Å². The Hall–Kier alpha value is -3.75. The highest BCUT2D eigenvalue weighted by Gasteiger charge is 2.26. The number of carboxylic acid groups (broad SMARTS) is 1. The molecule has 3 unspecified atom stereocenters. The number of rotatable bonds is 17. The van der Waals surface area contributed by atoms with Gasteiger partial charge < -0.3 is 10.4 Å². The normalized spacial score (nSPS) is 14.4. The van der Waals surface area contributed by atoms with E-state index in [-0.39, 0.29) is 37.1 Å². The third kappa shape index (κ3) is 13.3. The van der Waals surface area contributed by atoms with Gasteiger partial charge in [-0.05, 0) is 55.0 Å². The molecule has 0 spiro atoms. The van der Waals surface area contributed by atoms with Crippen molar-refractivity contribution < 1.29 is 19.1 Å². The van der Waals surface area contributed by atoms with E-state index in [2.05, 4.69) is 62.4 Å². The third-order valence-corrected chi connectivity index (χ3v) is 8.87. The Morgan fingerprint density at radius 1 is 1.13 bits per heavy atom. The number of carboxylic acids is 1. The van der Waals surface area contributed by atoms with Crippen LogP contribution in [0.4, 0.5) is 4.39 Å². The molecular formula is C37H49ClFN3O3S. The van der Waals surface area contributed by atoms with Crippen LogP contribution in [0.3, 0.4) is 0 Å². The second-order valence-electron chi connectivity index (χ2n) is 11.0. The zero-order chi connectivity index (χ0) is 34.8. The molecule has 0 fully saturated rings. The third-order valence-electron chi connectivity index (χ3n) is 7.53. The van der Waals surface area contributed by atoms with E-state index in [9.17, 15) is 14.0 Å². The zero-order valence-corrected chi connectivity index (χ0v) is 29.6. The van der Waals surface area contributed by atoms with Crippen molar-refractivity contribution in [1.82, 2.24) is 15.1 Å². The summed E-state index contributed by atoms with van der Waals surface area (Å²) in [4.78, 5) is 24.3. The summed E-state index contributed by atoms with van der Waals surface area (Å²) in [6.07, 6.45) is 14.7. The summed E-state index contributed by atoms with van der Waals surface area (Å²) < 4.78 is 15.9. The maximum atomic E-state index is 14.1. The number of carbonyl (C=O) groups is 2. The Labute approximate surface area is 283 Å². The van der Waals surface area contributed by atoms with Gasteiger partial charge in [0.25, 0.3) is 5.91 Å². The zero-order valence-electron chi connectivity index (χ0n) is 28.0. The Morgan fingerprint density at radius 3 is 2.30 bits per heavy atom. The van der Waals surface area contributed by atoms with Crippen molar-refractivity contribution in [3.05, 3.63) is 124 Å². The second-order valence-corrected chi connectivity index (χ2v) is 12.4. The molecule has 0 saturated carbocycles. The lowest BCUT2D eigenvalue weighted by Gasteiger charge is -2.25. The van der Waals surface area contributed by atoms with Crippen molar-refractivity contribution in [2.75, 3.05) is 6.54 Å². The minimum absolute atomic E-state index is 0.00304. The Morgan fingerprint density at radius 2 is 1.78 bits per heavy atom. The average molecular weight is 670 g/mol. The maximum Gasteiger partial charge on any atom is 0.305 e. The number of unbranched alkanes of at least 4 members (excludes halogenated alkanes) is 1. The number of aromatic nitrogens is 2. The summed E-state index contributed by atoms with van der Waals surface area (Å²) in [6.45, 7) is 21.5. The van der Waals surface area contributed by atoms with Gasteiger partial charge in [-0.25, -0.2) is 4.39 Å². The Bertz CT molecular complexity index is 1460. The maximum absolute atomic E-state index is 14.1. The van der Waals surface area contributed by atoms with Gasteiger partial charge in [0, 0.05) is 59.2 Å². The van der Waals surface area contributed by atoms with Crippen LogP contribution in [-0.2, 0) is 16.6 Å². The number of aryl methyl sites for hydroxylation is 1. The standard InChI is InChI=1S/C33H39ClFN3O3S.C4H10/c1-8-25(33(41)36-16-15-31(39)40)12-10-21(3)24(6)32(22(4)11-13-27(34)9-2)26-19-30(42-20-26)28(18-23(5)35)29-14-17-37-38(29)7;1-3-4-2/h8-14,17,19-20,24,28,32H,1-2,5,15-16,18H2,3-4,6-7H3,(H,36,41)(H,39,40);3-4H2,1-2H3/b21-10+,22-11+,25-12+,27-13+;. The quantitative estimate of drug-likeness (QED) is 0.130. The van der Waals surface area contributed by atoms with Gasteiger partial charge in [-0.2, -0.15) is 5.10 Å². The van der Waals surface area contributed by atoms with E-state index in [1.807, 2.05) is 39.1 Å². The predicted molar refractivity (Wildman–Crippen MR) is 192 cm³/mol. The summed E-state index contributed by atoms with van der Waals surface area (Å²) in [7, 11) is 1.84. The van der Waals surface area contributed by atoms with Crippen LogP contribution < -0.4 is 5.32 Å². The van der Waals surface area contributed by atoms with Gasteiger partial charge in [-0.1, -0.05) is 100 Å². The summed E-state index contributed by atoms with van der Waals surface area (Å²) in [5.74, 6) is -2.04. The average Bonchev–Trinajstić information content (AvgIpc) is 3.68. The lowest BCUT2D eigenvalue weighted by Crippen LogP contribution is -2.26. The van der Waals surface area contributed by atoms with Gasteiger partial charge in [-0.15, -0.1) is 11.3 Å². The second kappa shape index (κ2) is 21.1. The number of hydrogen-bond acceptors (Lipinski definition) is 4. The number of allylic oxidation sites excluding steroid dienone is 9. The van der Waals surface area contributed by atoms with Gasteiger partial charge in [0.05, 0.1) is 12.2 Å². The molecule has 2 rings (SSSR count). The van der Waals surface area contributed by atoms with Crippen LogP contribution in [0.1, 0.15) is 88.3 Å². The van der Waals surface area contributed by atoms with Gasteiger partial charge in [0.1, 0.15) is 0 Å². The summed E-state index contributed by atoms with van der Waals surface area (Å²) >= 11 is 7.77. The largest absolute Gasteiger partial charge is 0.481 e. The molecule has 1 amide bonds. The molecule has 2 aromatic heterocycles. The molecule has 0 aliphatic heterocycles. The minimum atomic E-state index is -0.986. The molecule has 0 aromatic carbocycles. The molecule has 0 aliphatic carbocycles. The van der Waals surface area contributed by atoms with Crippen LogP contribution in [0.25, 0.3) is 0 Å². The molecule has 2 N–H and O–H groups in total. The summed E-state index contributed by atoms with van der Waals surface area (Å²) in [5.41, 5.74) is 4.38. The Kier molecular flexibility index (Phi) is 18.5. The van der Waals surface area contributed by atoms with Crippen molar-refractivity contribution in [1.29, 1.82) is 0 Å². The Balaban J connectivity index is 0.00000249. The lowest BCUT2D eigenvalue weighted by atomic mass is 9.78. The fraction of sp³-hybridized carbons (Fsp3) is 0.378. The molecule has 0 bridgehead atoms. The van der Waals surface area contributed by atoms with Crippen molar-refractivity contribution >= 4 is 34.8 Å². The number of aliphatic carboxylic acids is 1. The molecule has 6 nitrogen and oxygen atoms in total. The molecule has 2 aromatic rings. The van der Waals surface area contributed by atoms with Crippen LogP contribution >= 0.6 is 22.9 Å². The van der Waals surface area contributed by atoms with Gasteiger partial charge in [0.2, 0.25) is 0 Å². The number of nitrogens with zero attached hydrogens (tertiary/aromatic N) is 2. The summed E-state index contributed by atoms with van der Waals surface area (Å²) in [6, 6.07) is 4.02. The van der Waals surface area contributed by atoms with E-state index < -0.39 is 17.7 Å². The number of halogens is 2. The van der Waals surface area contributed by atoms with E-state index in [4.69, 9.17) is 16.7 Å². The van der Waals surface area contributed by atoms with E-state index >= 15 is 0 Å². The van der Waals surface area contributed by atoms with E-state index in [1.54, 1.807) is 40.4 Å². The van der Waals surface area contributed by atoms with Crippen LogP contribution in [0.15, 0.2) is 107 Å². The van der Waals surface area contributed by atoms with E-state index in [0.717, 1.165) is 27.3 Å². The predicted octanol–water partition coefficient (Wildman–Crippen LogP) is 9.92. The topological polar surface area (TPSA) is 84.2 Å². The highest BCUT2D eigenvalue weighted by Crippen LogP contribution is 2.42. The van der Waals surface area contributed by atoms with Crippen LogP contribution in [0.2, 0.25) is 0 Å². The number of thiophene rings is 1. The molecule has 0 radical (unpaired) electrons. The number of nitrogens with one attached hydrogen (secondary N) is 1. The molecule has 9 heteroatoms. The number of amides is 1. The number of carbonyl (C=O) groups excluding carboxylic acids is 1. The highest BCUT2D eigenvalue weighted by molar-refractivity contribution is 7.10. The molecule has 3 atom stereocenters. The van der Waals surface area contributed by atoms with E-state index in [0.29, 0.717) is 10.6 Å².